The number of hydrogen-bond donors (Lipinski definition) is 2. The summed E-state index contributed by atoms with van der Waals surface area (Å²) in [5, 5.41) is 5.30. The molecule has 1 aliphatic carbocycles. The maximum Gasteiger partial charge on any atom is 0.389 e. The maximum atomic E-state index is 14.2. The van der Waals surface area contributed by atoms with Crippen molar-refractivity contribution >= 4 is 35.3 Å². The van der Waals surface area contributed by atoms with Crippen molar-refractivity contribution in [2.75, 3.05) is 6.54 Å². The number of ether oxygens (including phenoxy) is 1. The molecule has 0 aromatic rings. The van der Waals surface area contributed by atoms with Gasteiger partial charge in [-0.05, 0) is 62.2 Å². The summed E-state index contributed by atoms with van der Waals surface area (Å²) in [6.07, 6.45) is -5.94. The number of allylic oxidation sites excluding steroid dienone is 1. The summed E-state index contributed by atoms with van der Waals surface area (Å²) in [7, 11) is 0. The summed E-state index contributed by atoms with van der Waals surface area (Å²) < 4.78 is 45.0. The lowest BCUT2D eigenvalue weighted by Crippen LogP contribution is -2.61. The number of esters is 1. The minimum Gasteiger partial charge on any atom is -0.458 e. The van der Waals surface area contributed by atoms with Crippen LogP contribution < -0.4 is 10.6 Å². The first-order valence-corrected chi connectivity index (χ1v) is 16.6. The molecule has 48 heavy (non-hydrogen) atoms. The van der Waals surface area contributed by atoms with Crippen LogP contribution in [0.5, 0.6) is 0 Å². The lowest BCUT2D eigenvalue weighted by Gasteiger charge is -2.38. The van der Waals surface area contributed by atoms with Crippen LogP contribution in [0.15, 0.2) is 12.7 Å². The lowest BCUT2D eigenvalue weighted by molar-refractivity contribution is -0.158. The van der Waals surface area contributed by atoms with Gasteiger partial charge in [-0.25, -0.2) is 9.59 Å². The van der Waals surface area contributed by atoms with Crippen LogP contribution in [0.1, 0.15) is 101 Å². The SMILES string of the molecule is C=CCCC(=O)C(=O)C(CCC(F)(F)F)CC(=O)[C@@H]1[C@@H]2[C@H](CN1C(=O)[C@@H](NC(=O)N[C@H](C(=O)OC(C)(C)C)C(C)C)C(C)(C)C)C2(C)C. The van der Waals surface area contributed by atoms with Gasteiger partial charge in [-0.1, -0.05) is 54.5 Å². The molecule has 1 saturated carbocycles. The van der Waals surface area contributed by atoms with Crippen LogP contribution in [0.25, 0.3) is 0 Å². The highest BCUT2D eigenvalue weighted by molar-refractivity contribution is 6.38. The Morgan fingerprint density at radius 2 is 1.58 bits per heavy atom. The number of ketones is 3. The van der Waals surface area contributed by atoms with E-state index in [1.165, 1.54) is 11.0 Å². The molecular formula is C35H54F3N3O7. The predicted molar refractivity (Wildman–Crippen MR) is 173 cm³/mol. The molecule has 10 nitrogen and oxygen atoms in total. The van der Waals surface area contributed by atoms with Crippen molar-refractivity contribution in [1.29, 1.82) is 0 Å². The number of halogens is 3. The molecule has 2 N–H and O–H groups in total. The average Bonchev–Trinajstić information content (AvgIpc) is 3.25. The van der Waals surface area contributed by atoms with Gasteiger partial charge in [-0.2, -0.15) is 13.2 Å². The second-order valence-electron chi connectivity index (χ2n) is 16.2. The third-order valence-corrected chi connectivity index (χ3v) is 9.27. The molecule has 6 atom stereocenters. The highest BCUT2D eigenvalue weighted by atomic mass is 19.4. The number of likely N-dealkylation sites (tertiary alicyclic amines) is 1. The molecule has 2 aliphatic rings. The van der Waals surface area contributed by atoms with Crippen molar-refractivity contribution < 1.29 is 46.7 Å². The molecule has 1 heterocycles. The van der Waals surface area contributed by atoms with Crippen molar-refractivity contribution in [2.45, 2.75) is 131 Å². The predicted octanol–water partition coefficient (Wildman–Crippen LogP) is 5.57. The van der Waals surface area contributed by atoms with E-state index in [0.29, 0.717) is 0 Å². The summed E-state index contributed by atoms with van der Waals surface area (Å²) in [4.78, 5) is 81.2. The van der Waals surface area contributed by atoms with Gasteiger partial charge in [-0.3, -0.25) is 19.2 Å². The maximum absolute atomic E-state index is 14.2. The Labute approximate surface area is 282 Å². The van der Waals surface area contributed by atoms with Crippen LogP contribution in [0.3, 0.4) is 0 Å². The van der Waals surface area contributed by atoms with Crippen LogP contribution in [0, 0.1) is 34.5 Å². The van der Waals surface area contributed by atoms with Gasteiger partial charge in [0.05, 0.1) is 6.04 Å². The Morgan fingerprint density at radius 3 is 2.06 bits per heavy atom. The van der Waals surface area contributed by atoms with Gasteiger partial charge in [0.1, 0.15) is 17.7 Å². The molecule has 0 aromatic carbocycles. The molecule has 2 rings (SSSR count). The minimum absolute atomic E-state index is 0.0825. The molecule has 0 aromatic heterocycles. The fourth-order valence-corrected chi connectivity index (χ4v) is 6.49. The van der Waals surface area contributed by atoms with E-state index in [2.05, 4.69) is 17.2 Å². The number of alkyl halides is 3. The molecule has 1 unspecified atom stereocenters. The number of carbonyl (C=O) groups is 6. The largest absolute Gasteiger partial charge is 0.458 e. The van der Waals surface area contributed by atoms with Gasteiger partial charge < -0.3 is 20.3 Å². The van der Waals surface area contributed by atoms with E-state index in [1.54, 1.807) is 55.4 Å². The van der Waals surface area contributed by atoms with Crippen LogP contribution >= 0.6 is 0 Å². The van der Waals surface area contributed by atoms with Crippen molar-refractivity contribution in [3.8, 4) is 0 Å². The van der Waals surface area contributed by atoms with Crippen LogP contribution in [-0.2, 0) is 28.7 Å². The quantitative estimate of drug-likeness (QED) is 0.131. The third kappa shape index (κ3) is 10.6. The zero-order valence-electron chi connectivity index (χ0n) is 30.0. The summed E-state index contributed by atoms with van der Waals surface area (Å²) in [6.45, 7) is 21.3. The highest BCUT2D eigenvalue weighted by Gasteiger charge is 2.69. The minimum atomic E-state index is -4.60. The number of rotatable bonds is 15. The van der Waals surface area contributed by atoms with Gasteiger partial charge in [0.2, 0.25) is 11.7 Å². The summed E-state index contributed by atoms with van der Waals surface area (Å²) >= 11 is 0. The normalized spacial score (nSPS) is 22.2. The van der Waals surface area contributed by atoms with Crippen molar-refractivity contribution in [1.82, 2.24) is 15.5 Å². The Hall–Kier alpha value is -3.25. The van der Waals surface area contributed by atoms with Gasteiger partial charge in [0.15, 0.2) is 11.6 Å². The first-order chi connectivity index (χ1) is 21.7. The molecule has 1 aliphatic heterocycles. The van der Waals surface area contributed by atoms with E-state index in [4.69, 9.17) is 4.74 Å². The molecular weight excluding hydrogens is 631 g/mol. The number of carbonyl (C=O) groups excluding carboxylic acids is 6. The zero-order chi connectivity index (χ0) is 37.2. The zero-order valence-corrected chi connectivity index (χ0v) is 30.0. The molecule has 0 spiro atoms. The fraction of sp³-hybridized carbons (Fsp3) is 0.771. The Bertz CT molecular complexity index is 1260. The van der Waals surface area contributed by atoms with Crippen molar-refractivity contribution in [3.05, 3.63) is 12.7 Å². The fourth-order valence-electron chi connectivity index (χ4n) is 6.49. The smallest absolute Gasteiger partial charge is 0.389 e. The molecule has 1 saturated heterocycles. The van der Waals surface area contributed by atoms with Crippen molar-refractivity contribution in [2.24, 2.45) is 34.5 Å². The number of nitrogens with zero attached hydrogens (tertiary/aromatic N) is 1. The number of urea groups is 1. The summed E-state index contributed by atoms with van der Waals surface area (Å²) in [5.74, 6) is -5.94. The molecule has 13 heteroatoms. The van der Waals surface area contributed by atoms with Gasteiger partial charge in [0, 0.05) is 31.7 Å². The van der Waals surface area contributed by atoms with E-state index >= 15 is 0 Å². The second-order valence-corrected chi connectivity index (χ2v) is 16.2. The number of amides is 3. The number of fused-ring (bicyclic) bond motifs is 1. The monoisotopic (exact) mass is 685 g/mol. The third-order valence-electron chi connectivity index (χ3n) is 9.27. The van der Waals surface area contributed by atoms with E-state index in [9.17, 15) is 41.9 Å². The number of Topliss-reactive ketones (excluding diaryl/α,β-unsaturated/α-hetero) is 3. The number of nitrogens with one attached hydrogen (secondary N) is 2. The standard InChI is InChI=1S/C35H54F3N3O7/c1-12-13-14-22(42)27(44)20(15-16-35(36,37)38)17-23(43)26-24-21(34(24,10)11)18-41(26)29(45)28(32(4,5)6)40-31(47)39-25(19(2)3)30(46)48-33(7,8)9/h12,19-21,24-26,28H,1,13-18H2,2-11H3,(H2,39,40,47)/t20?,21-,24-,25-,26+,28+/m0/s1. The first kappa shape index (κ1) is 40.9. The Morgan fingerprint density at radius 1 is 1.00 bits per heavy atom. The van der Waals surface area contributed by atoms with E-state index in [0.717, 1.165) is 0 Å². The number of hydrogen-bond acceptors (Lipinski definition) is 7. The lowest BCUT2D eigenvalue weighted by atomic mass is 9.83. The van der Waals surface area contributed by atoms with Crippen molar-refractivity contribution in [3.63, 3.8) is 0 Å². The molecule has 272 valence electrons. The Kier molecular flexibility index (Phi) is 12.9. The molecule has 0 bridgehead atoms. The average molecular weight is 686 g/mol. The second kappa shape index (κ2) is 15.1. The van der Waals surface area contributed by atoms with E-state index in [-0.39, 0.29) is 42.6 Å². The van der Waals surface area contributed by atoms with Gasteiger partial charge in [0.25, 0.3) is 0 Å². The highest BCUT2D eigenvalue weighted by Crippen LogP contribution is 2.65. The van der Waals surface area contributed by atoms with Crippen LogP contribution in [0.4, 0.5) is 18.0 Å². The van der Waals surface area contributed by atoms with E-state index in [1.807, 2.05) is 13.8 Å². The molecule has 3 amide bonds. The summed E-state index contributed by atoms with van der Waals surface area (Å²) in [5.41, 5.74) is -2.01. The van der Waals surface area contributed by atoms with E-state index < -0.39 is 95.8 Å². The molecule has 0 radical (unpaired) electrons. The number of piperidine rings is 1. The van der Waals surface area contributed by atoms with Crippen LogP contribution in [-0.4, -0.2) is 76.6 Å². The summed E-state index contributed by atoms with van der Waals surface area (Å²) in [6, 6.07) is -4.03. The molecule has 2 fully saturated rings. The Balaban J connectivity index is 2.36. The first-order valence-electron chi connectivity index (χ1n) is 16.6. The van der Waals surface area contributed by atoms with Gasteiger partial charge >= 0.3 is 18.2 Å². The van der Waals surface area contributed by atoms with Gasteiger partial charge in [-0.15, -0.1) is 6.58 Å². The van der Waals surface area contributed by atoms with Crippen LogP contribution in [0.2, 0.25) is 0 Å². The topological polar surface area (TPSA) is 139 Å².